The molecule has 0 unspecified atom stereocenters. The van der Waals surface area contributed by atoms with E-state index in [2.05, 4.69) is 9.64 Å². The summed E-state index contributed by atoms with van der Waals surface area (Å²) in [5.74, 6) is 0.328. The molecule has 0 aliphatic carbocycles. The number of ether oxygens (including phenoxy) is 2. The molecule has 0 spiro atoms. The standard InChI is InChI=1S/C14H19F2NO3/c1-19-12-5-4-10(7-13(12)20-14(15)16)8-17-6-2-3-11(17)9-18/h4-5,7,11,14,18H,2-3,6,8-9H2,1H3/t11-/m0/s1. The Kier molecular flexibility index (Phi) is 5.14. The number of aliphatic hydroxyl groups is 1. The van der Waals surface area contributed by atoms with E-state index in [9.17, 15) is 13.9 Å². The van der Waals surface area contributed by atoms with Gasteiger partial charge >= 0.3 is 6.61 Å². The van der Waals surface area contributed by atoms with Crippen LogP contribution in [0, 0.1) is 0 Å². The number of halogens is 2. The van der Waals surface area contributed by atoms with Gasteiger partial charge in [0.15, 0.2) is 11.5 Å². The maximum Gasteiger partial charge on any atom is 0.387 e. The summed E-state index contributed by atoms with van der Waals surface area (Å²) in [7, 11) is 1.41. The molecule has 0 saturated carbocycles. The molecule has 0 amide bonds. The molecule has 1 saturated heterocycles. The summed E-state index contributed by atoms with van der Waals surface area (Å²) in [6, 6.07) is 5.16. The van der Waals surface area contributed by atoms with Gasteiger partial charge in [-0.25, -0.2) is 0 Å². The van der Waals surface area contributed by atoms with Crippen molar-refractivity contribution in [3.63, 3.8) is 0 Å². The Hall–Kier alpha value is -1.40. The van der Waals surface area contributed by atoms with Crippen molar-refractivity contribution in [2.45, 2.75) is 32.0 Å². The first-order chi connectivity index (χ1) is 9.63. The second kappa shape index (κ2) is 6.85. The molecule has 1 heterocycles. The van der Waals surface area contributed by atoms with Crippen LogP contribution in [-0.4, -0.2) is 42.9 Å². The summed E-state index contributed by atoms with van der Waals surface area (Å²) in [5.41, 5.74) is 0.863. The molecule has 20 heavy (non-hydrogen) atoms. The van der Waals surface area contributed by atoms with Crippen molar-refractivity contribution >= 4 is 0 Å². The van der Waals surface area contributed by atoms with Gasteiger partial charge in [0.25, 0.3) is 0 Å². The number of likely N-dealkylation sites (tertiary alicyclic amines) is 1. The first-order valence-corrected chi connectivity index (χ1v) is 6.60. The highest BCUT2D eigenvalue weighted by Gasteiger charge is 2.24. The Morgan fingerprint density at radius 2 is 2.20 bits per heavy atom. The lowest BCUT2D eigenvalue weighted by Gasteiger charge is -2.23. The minimum Gasteiger partial charge on any atom is -0.493 e. The van der Waals surface area contributed by atoms with Crippen LogP contribution in [0.15, 0.2) is 18.2 Å². The fourth-order valence-corrected chi connectivity index (χ4v) is 2.55. The average Bonchev–Trinajstić information content (AvgIpc) is 2.85. The molecule has 1 aromatic rings. The third kappa shape index (κ3) is 3.58. The van der Waals surface area contributed by atoms with E-state index < -0.39 is 6.61 Å². The highest BCUT2D eigenvalue weighted by atomic mass is 19.3. The summed E-state index contributed by atoms with van der Waals surface area (Å²) in [4.78, 5) is 2.15. The lowest BCUT2D eigenvalue weighted by Crippen LogP contribution is -2.31. The van der Waals surface area contributed by atoms with Gasteiger partial charge in [0.1, 0.15) is 0 Å². The van der Waals surface area contributed by atoms with E-state index in [1.54, 1.807) is 12.1 Å². The molecule has 1 N–H and O–H groups in total. The van der Waals surface area contributed by atoms with E-state index in [1.165, 1.54) is 7.11 Å². The van der Waals surface area contributed by atoms with E-state index in [-0.39, 0.29) is 24.1 Å². The molecular formula is C14H19F2NO3. The maximum atomic E-state index is 12.4. The molecule has 0 bridgehead atoms. The smallest absolute Gasteiger partial charge is 0.387 e. The van der Waals surface area contributed by atoms with Gasteiger partial charge < -0.3 is 14.6 Å². The van der Waals surface area contributed by atoms with Crippen LogP contribution in [0.2, 0.25) is 0 Å². The van der Waals surface area contributed by atoms with Crippen molar-refractivity contribution in [1.82, 2.24) is 4.90 Å². The number of aliphatic hydroxyl groups excluding tert-OH is 1. The summed E-state index contributed by atoms with van der Waals surface area (Å²) >= 11 is 0. The molecule has 0 aromatic heterocycles. The zero-order valence-corrected chi connectivity index (χ0v) is 11.4. The number of hydrogen-bond acceptors (Lipinski definition) is 4. The van der Waals surface area contributed by atoms with Crippen LogP contribution in [0.1, 0.15) is 18.4 Å². The molecule has 6 heteroatoms. The van der Waals surface area contributed by atoms with Crippen LogP contribution >= 0.6 is 0 Å². The Morgan fingerprint density at radius 3 is 2.85 bits per heavy atom. The maximum absolute atomic E-state index is 12.4. The molecule has 1 aliphatic heterocycles. The van der Waals surface area contributed by atoms with Gasteiger partial charge in [-0.15, -0.1) is 0 Å². The molecule has 2 rings (SSSR count). The number of alkyl halides is 2. The van der Waals surface area contributed by atoms with Crippen LogP contribution in [0.5, 0.6) is 11.5 Å². The first kappa shape index (κ1) is 15.0. The fraction of sp³-hybridized carbons (Fsp3) is 0.571. The van der Waals surface area contributed by atoms with Crippen LogP contribution in [-0.2, 0) is 6.54 Å². The van der Waals surface area contributed by atoms with Crippen LogP contribution in [0.4, 0.5) is 8.78 Å². The molecule has 1 aromatic carbocycles. The highest BCUT2D eigenvalue weighted by molar-refractivity contribution is 5.43. The van der Waals surface area contributed by atoms with Gasteiger partial charge in [-0.05, 0) is 37.1 Å². The second-order valence-corrected chi connectivity index (χ2v) is 4.81. The van der Waals surface area contributed by atoms with Gasteiger partial charge in [-0.3, -0.25) is 4.90 Å². The number of benzene rings is 1. The zero-order chi connectivity index (χ0) is 14.5. The van der Waals surface area contributed by atoms with Gasteiger partial charge in [0.05, 0.1) is 13.7 Å². The lowest BCUT2D eigenvalue weighted by atomic mass is 10.1. The fourth-order valence-electron chi connectivity index (χ4n) is 2.55. The second-order valence-electron chi connectivity index (χ2n) is 4.81. The number of hydrogen-bond donors (Lipinski definition) is 1. The average molecular weight is 287 g/mol. The van der Waals surface area contributed by atoms with Gasteiger partial charge in [-0.1, -0.05) is 6.07 Å². The Morgan fingerprint density at radius 1 is 1.40 bits per heavy atom. The zero-order valence-electron chi connectivity index (χ0n) is 11.4. The van der Waals surface area contributed by atoms with Crippen molar-refractivity contribution in [2.24, 2.45) is 0 Å². The monoisotopic (exact) mass is 287 g/mol. The summed E-state index contributed by atoms with van der Waals surface area (Å²) in [5, 5.41) is 9.28. The predicted octanol–water partition coefficient (Wildman–Crippen LogP) is 2.25. The Balaban J connectivity index is 2.11. The lowest BCUT2D eigenvalue weighted by molar-refractivity contribution is -0.0512. The largest absolute Gasteiger partial charge is 0.493 e. The van der Waals surface area contributed by atoms with Crippen LogP contribution in [0.3, 0.4) is 0 Å². The van der Waals surface area contributed by atoms with Crippen molar-refractivity contribution in [1.29, 1.82) is 0 Å². The first-order valence-electron chi connectivity index (χ1n) is 6.60. The molecule has 0 radical (unpaired) electrons. The van der Waals surface area contributed by atoms with Crippen molar-refractivity contribution in [3.8, 4) is 11.5 Å². The summed E-state index contributed by atoms with van der Waals surface area (Å²) in [6.07, 6.45) is 2.01. The predicted molar refractivity (Wildman–Crippen MR) is 70.1 cm³/mol. The molecule has 1 fully saturated rings. The van der Waals surface area contributed by atoms with Gasteiger partial charge in [0.2, 0.25) is 0 Å². The Bertz CT molecular complexity index is 442. The number of rotatable bonds is 6. The van der Waals surface area contributed by atoms with Crippen LogP contribution in [0.25, 0.3) is 0 Å². The van der Waals surface area contributed by atoms with E-state index in [0.29, 0.717) is 6.54 Å². The van der Waals surface area contributed by atoms with Crippen molar-refractivity contribution < 1.29 is 23.4 Å². The molecular weight excluding hydrogens is 268 g/mol. The molecule has 1 aliphatic rings. The van der Waals surface area contributed by atoms with E-state index in [1.807, 2.05) is 6.07 Å². The SMILES string of the molecule is COc1ccc(CN2CCC[C@H]2CO)cc1OC(F)F. The molecule has 112 valence electrons. The van der Waals surface area contributed by atoms with E-state index >= 15 is 0 Å². The van der Waals surface area contributed by atoms with Crippen LogP contribution < -0.4 is 9.47 Å². The third-order valence-electron chi connectivity index (χ3n) is 3.54. The highest BCUT2D eigenvalue weighted by Crippen LogP contribution is 2.30. The minimum absolute atomic E-state index is 0.0414. The van der Waals surface area contributed by atoms with Crippen molar-refractivity contribution in [2.75, 3.05) is 20.3 Å². The molecule has 1 atom stereocenters. The number of methoxy groups -OCH3 is 1. The normalized spacial score (nSPS) is 19.6. The minimum atomic E-state index is -2.88. The van der Waals surface area contributed by atoms with E-state index in [0.717, 1.165) is 24.9 Å². The summed E-state index contributed by atoms with van der Waals surface area (Å²) < 4.78 is 34.2. The third-order valence-corrected chi connectivity index (χ3v) is 3.54. The Labute approximate surface area is 116 Å². The number of nitrogens with zero attached hydrogens (tertiary/aromatic N) is 1. The van der Waals surface area contributed by atoms with E-state index in [4.69, 9.17) is 4.74 Å². The topological polar surface area (TPSA) is 41.9 Å². The molecule has 4 nitrogen and oxygen atoms in total. The summed E-state index contributed by atoms with van der Waals surface area (Å²) in [6.45, 7) is -1.25. The van der Waals surface area contributed by atoms with Gasteiger partial charge in [-0.2, -0.15) is 8.78 Å². The quantitative estimate of drug-likeness (QED) is 0.871. The van der Waals surface area contributed by atoms with Crippen molar-refractivity contribution in [3.05, 3.63) is 23.8 Å². The van der Waals surface area contributed by atoms with Gasteiger partial charge in [0, 0.05) is 12.6 Å².